The van der Waals surface area contributed by atoms with Gasteiger partial charge in [-0.15, -0.1) is 0 Å². The van der Waals surface area contributed by atoms with Crippen molar-refractivity contribution in [2.24, 2.45) is 0 Å². The summed E-state index contributed by atoms with van der Waals surface area (Å²) in [5.41, 5.74) is 4.93. The van der Waals surface area contributed by atoms with Gasteiger partial charge < -0.3 is 14.6 Å². The van der Waals surface area contributed by atoms with Gasteiger partial charge in [0.2, 0.25) is 11.8 Å². The molecule has 6 heteroatoms. The van der Waals surface area contributed by atoms with Crippen LogP contribution < -0.4 is 10.2 Å². The molecule has 30 heavy (non-hydrogen) atoms. The standard InChI is InChI=1S/C24H25N3O3/c1-16-5-7-18(8-6-16)22-15-25-24(30-22)12-11-23(29)26-20-9-10-21-19(14-20)4-3-13-27(21)17(2)28/h5-10,14-15H,3-4,11-13H2,1-2H3,(H,26,29). The predicted molar refractivity (Wildman–Crippen MR) is 116 cm³/mol. The van der Waals surface area contributed by atoms with Crippen LogP contribution in [0.4, 0.5) is 11.4 Å². The average Bonchev–Trinajstić information content (AvgIpc) is 3.21. The Labute approximate surface area is 175 Å². The maximum absolute atomic E-state index is 12.4. The Kier molecular flexibility index (Phi) is 5.65. The van der Waals surface area contributed by atoms with Crippen LogP contribution in [0.5, 0.6) is 0 Å². The first-order valence-electron chi connectivity index (χ1n) is 10.2. The summed E-state index contributed by atoms with van der Waals surface area (Å²) in [4.78, 5) is 30.3. The molecule has 1 aliphatic heterocycles. The zero-order valence-electron chi connectivity index (χ0n) is 17.3. The Hall–Kier alpha value is -3.41. The summed E-state index contributed by atoms with van der Waals surface area (Å²) < 4.78 is 5.79. The van der Waals surface area contributed by atoms with E-state index in [2.05, 4.69) is 10.3 Å². The van der Waals surface area contributed by atoms with E-state index in [0.717, 1.165) is 41.9 Å². The number of nitrogens with one attached hydrogen (secondary N) is 1. The van der Waals surface area contributed by atoms with Crippen molar-refractivity contribution in [3.63, 3.8) is 0 Å². The highest BCUT2D eigenvalue weighted by Gasteiger charge is 2.20. The molecule has 0 saturated carbocycles. The maximum Gasteiger partial charge on any atom is 0.224 e. The number of hydrogen-bond acceptors (Lipinski definition) is 4. The highest BCUT2D eigenvalue weighted by atomic mass is 16.4. The van der Waals surface area contributed by atoms with Crippen LogP contribution >= 0.6 is 0 Å². The number of carbonyl (C=O) groups excluding carboxylic acids is 2. The second kappa shape index (κ2) is 8.53. The minimum Gasteiger partial charge on any atom is -0.441 e. The van der Waals surface area contributed by atoms with E-state index in [9.17, 15) is 9.59 Å². The van der Waals surface area contributed by atoms with Crippen LogP contribution in [0.2, 0.25) is 0 Å². The molecule has 6 nitrogen and oxygen atoms in total. The van der Waals surface area contributed by atoms with E-state index < -0.39 is 0 Å². The second-order valence-corrected chi connectivity index (χ2v) is 7.65. The Morgan fingerprint density at radius 2 is 1.97 bits per heavy atom. The average molecular weight is 403 g/mol. The van der Waals surface area contributed by atoms with Gasteiger partial charge in [0.05, 0.1) is 6.20 Å². The van der Waals surface area contributed by atoms with Gasteiger partial charge in [-0.05, 0) is 43.5 Å². The summed E-state index contributed by atoms with van der Waals surface area (Å²) in [7, 11) is 0. The fraction of sp³-hybridized carbons (Fsp3) is 0.292. The molecular formula is C24H25N3O3. The van der Waals surface area contributed by atoms with E-state index in [-0.39, 0.29) is 18.2 Å². The highest BCUT2D eigenvalue weighted by molar-refractivity contribution is 5.94. The van der Waals surface area contributed by atoms with Gasteiger partial charge in [-0.1, -0.05) is 29.8 Å². The summed E-state index contributed by atoms with van der Waals surface area (Å²) >= 11 is 0. The van der Waals surface area contributed by atoms with Crippen LogP contribution in [0.1, 0.15) is 36.8 Å². The number of rotatable bonds is 5. The number of nitrogens with zero attached hydrogens (tertiary/aromatic N) is 2. The molecule has 1 aromatic heterocycles. The lowest BCUT2D eigenvalue weighted by atomic mass is 10.0. The Balaban J connectivity index is 1.35. The molecule has 2 heterocycles. The molecule has 154 valence electrons. The molecule has 2 aromatic carbocycles. The molecule has 0 saturated heterocycles. The fourth-order valence-corrected chi connectivity index (χ4v) is 3.72. The molecule has 0 unspecified atom stereocenters. The highest BCUT2D eigenvalue weighted by Crippen LogP contribution is 2.30. The number of hydrogen-bond donors (Lipinski definition) is 1. The van der Waals surface area contributed by atoms with Gasteiger partial charge in [-0.2, -0.15) is 0 Å². The normalized spacial score (nSPS) is 13.1. The van der Waals surface area contributed by atoms with Gasteiger partial charge in [0, 0.05) is 43.2 Å². The minimum atomic E-state index is -0.0933. The maximum atomic E-state index is 12.4. The summed E-state index contributed by atoms with van der Waals surface area (Å²) in [6.45, 7) is 4.36. The van der Waals surface area contributed by atoms with Crippen LogP contribution in [0.15, 0.2) is 53.1 Å². The van der Waals surface area contributed by atoms with E-state index in [1.54, 1.807) is 18.0 Å². The smallest absolute Gasteiger partial charge is 0.224 e. The van der Waals surface area contributed by atoms with E-state index in [4.69, 9.17) is 4.42 Å². The van der Waals surface area contributed by atoms with Gasteiger partial charge in [0.25, 0.3) is 0 Å². The predicted octanol–water partition coefficient (Wildman–Crippen LogP) is 4.52. The van der Waals surface area contributed by atoms with Crippen molar-refractivity contribution in [3.8, 4) is 11.3 Å². The third-order valence-corrected chi connectivity index (χ3v) is 5.32. The molecule has 0 spiro atoms. The van der Waals surface area contributed by atoms with Crippen LogP contribution in [0.3, 0.4) is 0 Å². The van der Waals surface area contributed by atoms with Crippen LogP contribution in [-0.2, 0) is 22.4 Å². The van der Waals surface area contributed by atoms with Gasteiger partial charge in [-0.25, -0.2) is 4.98 Å². The number of fused-ring (bicyclic) bond motifs is 1. The monoisotopic (exact) mass is 403 g/mol. The summed E-state index contributed by atoms with van der Waals surface area (Å²) in [6, 6.07) is 13.8. The first-order chi connectivity index (χ1) is 14.5. The van der Waals surface area contributed by atoms with E-state index in [1.807, 2.05) is 49.4 Å². The molecular weight excluding hydrogens is 378 g/mol. The van der Waals surface area contributed by atoms with Crippen molar-refractivity contribution in [1.29, 1.82) is 0 Å². The van der Waals surface area contributed by atoms with E-state index >= 15 is 0 Å². The number of aromatic nitrogens is 1. The molecule has 1 aliphatic rings. The Morgan fingerprint density at radius 3 is 2.73 bits per heavy atom. The number of carbonyl (C=O) groups is 2. The van der Waals surface area contributed by atoms with Crippen molar-refractivity contribution >= 4 is 23.2 Å². The van der Waals surface area contributed by atoms with Crippen molar-refractivity contribution < 1.29 is 14.0 Å². The van der Waals surface area contributed by atoms with Crippen molar-refractivity contribution in [1.82, 2.24) is 4.98 Å². The van der Waals surface area contributed by atoms with Crippen molar-refractivity contribution in [2.45, 2.75) is 39.5 Å². The molecule has 2 amide bonds. The molecule has 1 N–H and O–H groups in total. The van der Waals surface area contributed by atoms with Crippen LogP contribution in [0.25, 0.3) is 11.3 Å². The molecule has 3 aromatic rings. The quantitative estimate of drug-likeness (QED) is 0.680. The summed E-state index contributed by atoms with van der Waals surface area (Å²) in [5, 5.41) is 2.94. The van der Waals surface area contributed by atoms with Gasteiger partial charge in [-0.3, -0.25) is 9.59 Å². The molecule has 0 aliphatic carbocycles. The lowest BCUT2D eigenvalue weighted by Gasteiger charge is -2.29. The largest absolute Gasteiger partial charge is 0.441 e. The van der Waals surface area contributed by atoms with E-state index in [0.29, 0.717) is 18.1 Å². The zero-order valence-corrected chi connectivity index (χ0v) is 17.3. The summed E-state index contributed by atoms with van der Waals surface area (Å²) in [5.74, 6) is 1.20. The number of amides is 2. The number of aryl methyl sites for hydroxylation is 3. The van der Waals surface area contributed by atoms with E-state index in [1.165, 1.54) is 5.56 Å². The van der Waals surface area contributed by atoms with Gasteiger partial charge >= 0.3 is 0 Å². The molecule has 0 radical (unpaired) electrons. The summed E-state index contributed by atoms with van der Waals surface area (Å²) in [6.07, 6.45) is 4.24. The fourth-order valence-electron chi connectivity index (χ4n) is 3.72. The lowest BCUT2D eigenvalue weighted by molar-refractivity contribution is -0.117. The van der Waals surface area contributed by atoms with Crippen molar-refractivity contribution in [2.75, 3.05) is 16.8 Å². The van der Waals surface area contributed by atoms with Gasteiger partial charge in [0.15, 0.2) is 11.7 Å². The molecule has 0 bridgehead atoms. The first kappa shape index (κ1) is 19.9. The third kappa shape index (κ3) is 4.43. The number of anilines is 2. The van der Waals surface area contributed by atoms with Crippen molar-refractivity contribution in [3.05, 3.63) is 65.7 Å². The van der Waals surface area contributed by atoms with Crippen LogP contribution in [-0.4, -0.2) is 23.3 Å². The lowest BCUT2D eigenvalue weighted by Crippen LogP contribution is -2.33. The van der Waals surface area contributed by atoms with Gasteiger partial charge in [0.1, 0.15) is 0 Å². The zero-order chi connectivity index (χ0) is 21.1. The first-order valence-corrected chi connectivity index (χ1v) is 10.2. The Bertz CT molecular complexity index is 1070. The SMILES string of the molecule is CC(=O)N1CCCc2cc(NC(=O)CCc3ncc(-c4ccc(C)cc4)o3)ccc21. The number of oxazole rings is 1. The Morgan fingerprint density at radius 1 is 1.17 bits per heavy atom. The topological polar surface area (TPSA) is 75.4 Å². The minimum absolute atomic E-state index is 0.0451. The molecule has 4 rings (SSSR count). The third-order valence-electron chi connectivity index (χ3n) is 5.32. The number of benzene rings is 2. The second-order valence-electron chi connectivity index (χ2n) is 7.65. The molecule has 0 fully saturated rings. The van der Waals surface area contributed by atoms with Crippen LogP contribution in [0, 0.1) is 6.92 Å². The molecule has 0 atom stereocenters.